The van der Waals surface area contributed by atoms with Crippen LogP contribution in [0.25, 0.3) is 11.0 Å². The molecule has 1 aliphatic heterocycles. The maximum Gasteiger partial charge on any atom is 0.131 e. The number of benzene rings is 2. The molecule has 0 radical (unpaired) electrons. The fourth-order valence-corrected chi connectivity index (χ4v) is 5.02. The van der Waals surface area contributed by atoms with Crippen molar-refractivity contribution in [2.45, 2.75) is 27.5 Å². The van der Waals surface area contributed by atoms with Gasteiger partial charge in [-0.15, -0.1) is 23.5 Å². The summed E-state index contributed by atoms with van der Waals surface area (Å²) in [5.74, 6) is 1.59. The number of hydrogen-bond donors (Lipinski definition) is 3. The summed E-state index contributed by atoms with van der Waals surface area (Å²) in [7, 11) is 0. The van der Waals surface area contributed by atoms with Crippen LogP contribution in [0, 0.1) is 0 Å². The van der Waals surface area contributed by atoms with E-state index in [4.69, 9.17) is 15.1 Å². The average Bonchev–Trinajstić information content (AvgIpc) is 2.67. The van der Waals surface area contributed by atoms with Crippen molar-refractivity contribution in [2.75, 3.05) is 13.2 Å². The molecule has 1 atom stereocenters. The Morgan fingerprint density at radius 2 is 1.62 bits per heavy atom. The van der Waals surface area contributed by atoms with Gasteiger partial charge in [0.1, 0.15) is 6.23 Å². The van der Waals surface area contributed by atoms with Crippen LogP contribution >= 0.6 is 23.5 Å². The molecule has 0 bridgehead atoms. The van der Waals surface area contributed by atoms with E-state index < -0.39 is 6.23 Å². The second-order valence-corrected chi connectivity index (χ2v) is 8.00. The Morgan fingerprint density at radius 1 is 0.962 bits per heavy atom. The molecule has 7 heteroatoms. The van der Waals surface area contributed by atoms with Gasteiger partial charge in [-0.05, 0) is 29.8 Å². The molecule has 0 aliphatic carbocycles. The van der Waals surface area contributed by atoms with Gasteiger partial charge in [0, 0.05) is 27.8 Å². The minimum Gasteiger partial charge on any atom is -0.395 e. The van der Waals surface area contributed by atoms with E-state index >= 15 is 0 Å². The van der Waals surface area contributed by atoms with Crippen LogP contribution in [0.1, 0.15) is 23.2 Å². The van der Waals surface area contributed by atoms with Crippen molar-refractivity contribution in [3.05, 3.63) is 59.4 Å². The summed E-state index contributed by atoms with van der Waals surface area (Å²) < 4.78 is 0. The minimum atomic E-state index is -0.827. The van der Waals surface area contributed by atoms with E-state index in [9.17, 15) is 5.11 Å². The molecular weight excluding hydrogens is 366 g/mol. The first kappa shape index (κ1) is 17.8. The first-order valence-corrected chi connectivity index (χ1v) is 10.4. The second-order valence-electron chi connectivity index (χ2n) is 5.97. The summed E-state index contributed by atoms with van der Waals surface area (Å²) in [4.78, 5) is 12.2. The molecule has 0 amide bonds. The van der Waals surface area contributed by atoms with Crippen molar-refractivity contribution in [3.8, 4) is 0 Å². The summed E-state index contributed by atoms with van der Waals surface area (Å²) >= 11 is 3.58. The maximum atomic E-state index is 10.2. The van der Waals surface area contributed by atoms with Gasteiger partial charge >= 0.3 is 0 Å². The Kier molecular flexibility index (Phi) is 5.42. The van der Waals surface area contributed by atoms with E-state index in [0.717, 1.165) is 39.5 Å². The zero-order valence-electron chi connectivity index (χ0n) is 14.1. The highest BCUT2D eigenvalue weighted by Gasteiger charge is 2.16. The van der Waals surface area contributed by atoms with Crippen LogP contribution in [0.5, 0.6) is 0 Å². The number of nitrogens with zero attached hydrogens (tertiary/aromatic N) is 2. The van der Waals surface area contributed by atoms with Gasteiger partial charge < -0.3 is 10.2 Å². The lowest BCUT2D eigenvalue weighted by atomic mass is 10.1. The lowest BCUT2D eigenvalue weighted by Crippen LogP contribution is -2.24. The van der Waals surface area contributed by atoms with Gasteiger partial charge in [-0.2, -0.15) is 0 Å². The molecule has 1 unspecified atom stereocenters. The maximum absolute atomic E-state index is 10.2. The third-order valence-corrected chi connectivity index (χ3v) is 6.49. The van der Waals surface area contributed by atoms with Crippen LogP contribution in [0.15, 0.2) is 52.3 Å². The van der Waals surface area contributed by atoms with Crippen LogP contribution in [-0.4, -0.2) is 33.3 Å². The molecule has 3 N–H and O–H groups in total. The molecule has 2 aromatic carbocycles. The Morgan fingerprint density at radius 3 is 2.27 bits per heavy atom. The predicted octanol–water partition coefficient (Wildman–Crippen LogP) is 3.10. The van der Waals surface area contributed by atoms with E-state index in [-0.39, 0.29) is 6.61 Å². The van der Waals surface area contributed by atoms with Gasteiger partial charge in [0.05, 0.1) is 29.0 Å². The Balaban J connectivity index is 1.65. The normalized spacial score (nSPS) is 15.0. The first-order valence-electron chi connectivity index (χ1n) is 8.41. The molecule has 1 aromatic heterocycles. The van der Waals surface area contributed by atoms with Gasteiger partial charge in [-0.1, -0.05) is 18.2 Å². The molecule has 0 fully saturated rings. The summed E-state index contributed by atoms with van der Waals surface area (Å²) in [5.41, 5.74) is 4.36. The first-order chi connectivity index (χ1) is 12.7. The van der Waals surface area contributed by atoms with Gasteiger partial charge in [0.25, 0.3) is 0 Å². The number of thioether (sulfide) groups is 2. The number of aliphatic hydroxyl groups is 2. The van der Waals surface area contributed by atoms with Crippen LogP contribution in [0.2, 0.25) is 0 Å². The number of fused-ring (bicyclic) bond motifs is 3. The van der Waals surface area contributed by atoms with Gasteiger partial charge in [-0.25, -0.2) is 9.97 Å². The highest BCUT2D eigenvalue weighted by Crippen LogP contribution is 2.37. The van der Waals surface area contributed by atoms with E-state index in [1.807, 2.05) is 18.2 Å². The molecule has 5 nitrogen and oxygen atoms in total. The Bertz CT molecular complexity index is 936. The van der Waals surface area contributed by atoms with Crippen LogP contribution in [0.3, 0.4) is 0 Å². The van der Waals surface area contributed by atoms with Crippen molar-refractivity contribution in [3.63, 3.8) is 0 Å². The van der Waals surface area contributed by atoms with E-state index in [2.05, 4.69) is 29.6 Å². The standard InChI is InChI=1S/C19H19N3O2S2/c23-8-7-20-19(24)12-5-6-13-14(9-12)22-16-11-26-18-4-2-1-3-17(18)25-10-15(16)21-13/h1-6,9,19-20,23-24H,7-8,10-11H2. The van der Waals surface area contributed by atoms with Gasteiger partial charge in [0.2, 0.25) is 0 Å². The smallest absolute Gasteiger partial charge is 0.131 e. The van der Waals surface area contributed by atoms with E-state index in [1.54, 1.807) is 23.5 Å². The fourth-order valence-electron chi connectivity index (χ4n) is 2.85. The molecule has 3 aromatic rings. The van der Waals surface area contributed by atoms with Crippen molar-refractivity contribution in [2.24, 2.45) is 0 Å². The molecule has 134 valence electrons. The summed E-state index contributed by atoms with van der Waals surface area (Å²) in [5, 5.41) is 21.9. The highest BCUT2D eigenvalue weighted by atomic mass is 32.2. The predicted molar refractivity (Wildman–Crippen MR) is 105 cm³/mol. The average molecular weight is 386 g/mol. The largest absolute Gasteiger partial charge is 0.395 e. The number of nitrogens with one attached hydrogen (secondary N) is 1. The van der Waals surface area contributed by atoms with Crippen LogP contribution in [-0.2, 0) is 11.5 Å². The number of aliphatic hydroxyl groups excluding tert-OH is 2. The molecule has 0 spiro atoms. The van der Waals surface area contributed by atoms with Crippen molar-refractivity contribution in [1.29, 1.82) is 0 Å². The van der Waals surface area contributed by atoms with Crippen molar-refractivity contribution in [1.82, 2.24) is 15.3 Å². The number of aromatic nitrogens is 2. The summed E-state index contributed by atoms with van der Waals surface area (Å²) in [6.07, 6.45) is -0.827. The second kappa shape index (κ2) is 7.94. The molecule has 26 heavy (non-hydrogen) atoms. The summed E-state index contributed by atoms with van der Waals surface area (Å²) in [6.45, 7) is 0.316. The molecule has 2 heterocycles. The lowest BCUT2D eigenvalue weighted by Gasteiger charge is -2.16. The quantitative estimate of drug-likeness (QED) is 0.596. The molecule has 4 rings (SSSR count). The van der Waals surface area contributed by atoms with E-state index in [1.165, 1.54) is 9.79 Å². The van der Waals surface area contributed by atoms with E-state index in [0.29, 0.717) is 6.54 Å². The number of rotatable bonds is 4. The van der Waals surface area contributed by atoms with Crippen LogP contribution < -0.4 is 5.32 Å². The fraction of sp³-hybridized carbons (Fsp3) is 0.263. The zero-order valence-corrected chi connectivity index (χ0v) is 15.7. The minimum absolute atomic E-state index is 0.0195. The molecule has 0 saturated heterocycles. The lowest BCUT2D eigenvalue weighted by molar-refractivity contribution is 0.129. The molecular formula is C19H19N3O2S2. The van der Waals surface area contributed by atoms with Gasteiger partial charge in [-0.3, -0.25) is 5.32 Å². The Hall–Kier alpha value is -1.64. The zero-order chi connectivity index (χ0) is 17.9. The van der Waals surface area contributed by atoms with Crippen LogP contribution in [0.4, 0.5) is 0 Å². The summed E-state index contributed by atoms with van der Waals surface area (Å²) in [6, 6.07) is 14.0. The molecule has 1 aliphatic rings. The SMILES string of the molecule is OCCNC(O)c1ccc2nc3c(nc2c1)CSc1ccccc1SC3. The third-order valence-electron chi connectivity index (χ3n) is 4.19. The highest BCUT2D eigenvalue weighted by molar-refractivity contribution is 8.01. The molecule has 0 saturated carbocycles. The van der Waals surface area contributed by atoms with Crippen molar-refractivity contribution >= 4 is 34.6 Å². The monoisotopic (exact) mass is 385 g/mol. The number of hydrogen-bond acceptors (Lipinski definition) is 7. The Labute approximate surface area is 160 Å². The topological polar surface area (TPSA) is 78.3 Å². The van der Waals surface area contributed by atoms with Crippen molar-refractivity contribution < 1.29 is 10.2 Å². The third kappa shape index (κ3) is 3.72. The van der Waals surface area contributed by atoms with Gasteiger partial charge in [0.15, 0.2) is 0 Å².